The maximum absolute atomic E-state index is 12.8. The third-order valence-corrected chi connectivity index (χ3v) is 4.08. The van der Waals surface area contributed by atoms with Crippen LogP contribution in [0.5, 0.6) is 0 Å². The van der Waals surface area contributed by atoms with E-state index in [4.69, 9.17) is 16.4 Å². The summed E-state index contributed by atoms with van der Waals surface area (Å²) >= 11 is 0. The topological polar surface area (TPSA) is 66.4 Å². The molecule has 4 nitrogen and oxygen atoms in total. The molecule has 126 valence electrons. The van der Waals surface area contributed by atoms with Crippen LogP contribution in [-0.2, 0) is 16.0 Å². The molecule has 0 aliphatic heterocycles. The van der Waals surface area contributed by atoms with Crippen LogP contribution in [0.1, 0.15) is 61.4 Å². The van der Waals surface area contributed by atoms with Gasteiger partial charge < -0.3 is 10.4 Å². The predicted octanol–water partition coefficient (Wildman–Crippen LogP) is 3.26. The summed E-state index contributed by atoms with van der Waals surface area (Å²) in [4.78, 5) is 24.5. The van der Waals surface area contributed by atoms with Crippen molar-refractivity contribution in [3.05, 3.63) is 35.8 Å². The normalized spacial score (nSPS) is 31.7. The van der Waals surface area contributed by atoms with E-state index in [0.717, 1.165) is 0 Å². The van der Waals surface area contributed by atoms with Crippen molar-refractivity contribution in [3.8, 4) is 0 Å². The van der Waals surface area contributed by atoms with Gasteiger partial charge in [-0.15, -0.1) is 0 Å². The average Bonchev–Trinajstić information content (AvgIpc) is 2.76. The summed E-state index contributed by atoms with van der Waals surface area (Å²) in [6.07, 6.45) is -0.521. The number of carbonyl (C=O) groups is 2. The van der Waals surface area contributed by atoms with Gasteiger partial charge in [-0.1, -0.05) is 43.9 Å². The van der Waals surface area contributed by atoms with Crippen molar-refractivity contribution in [1.82, 2.24) is 5.32 Å². The van der Waals surface area contributed by atoms with Crippen LogP contribution in [0.2, 0.25) is 0 Å². The van der Waals surface area contributed by atoms with Crippen molar-refractivity contribution in [2.45, 2.75) is 51.8 Å². The minimum Gasteiger partial charge on any atom is -0.480 e. The van der Waals surface area contributed by atoms with Crippen LogP contribution in [0.15, 0.2) is 30.2 Å². The van der Waals surface area contributed by atoms with Gasteiger partial charge >= 0.3 is 5.97 Å². The maximum atomic E-state index is 12.8. The van der Waals surface area contributed by atoms with Crippen molar-refractivity contribution >= 4 is 11.9 Å². The van der Waals surface area contributed by atoms with E-state index in [9.17, 15) is 14.7 Å². The summed E-state index contributed by atoms with van der Waals surface area (Å²) < 4.78 is 92.9. The molecular formula is C19H27NO3. The molecule has 0 bridgehead atoms. The fraction of sp³-hybridized carbons (Fsp3) is 0.579. The number of rotatable bonds is 6. The second kappa shape index (κ2) is 8.14. The third-order valence-electron chi connectivity index (χ3n) is 4.08. The highest BCUT2D eigenvalue weighted by Gasteiger charge is 2.30. The Bertz CT molecular complexity index is 940. The van der Waals surface area contributed by atoms with Crippen LogP contribution in [0.25, 0.3) is 0 Å². The molecule has 1 fully saturated rings. The van der Waals surface area contributed by atoms with Crippen molar-refractivity contribution in [2.24, 2.45) is 17.7 Å². The van der Waals surface area contributed by atoms with Crippen molar-refractivity contribution in [3.63, 3.8) is 0 Å². The summed E-state index contributed by atoms with van der Waals surface area (Å²) in [7, 11) is 0. The molecule has 1 aromatic carbocycles. The molecule has 1 saturated carbocycles. The summed E-state index contributed by atoms with van der Waals surface area (Å²) in [5.74, 6) is -6.65. The van der Waals surface area contributed by atoms with Crippen LogP contribution in [0.4, 0.5) is 0 Å². The lowest BCUT2D eigenvalue weighted by Crippen LogP contribution is -2.45. The Morgan fingerprint density at radius 1 is 1.30 bits per heavy atom. The van der Waals surface area contributed by atoms with E-state index in [1.54, 1.807) is 0 Å². The summed E-state index contributed by atoms with van der Waals surface area (Å²) in [5, 5.41) is 11.9. The average molecular weight is 330 g/mol. The first-order chi connectivity index (χ1) is 15.8. The Morgan fingerprint density at radius 2 is 1.96 bits per heavy atom. The molecule has 0 saturated heterocycles. The number of hydrogen-bond acceptors (Lipinski definition) is 2. The van der Waals surface area contributed by atoms with Crippen molar-refractivity contribution in [1.29, 1.82) is 0 Å². The van der Waals surface area contributed by atoms with E-state index in [0.29, 0.717) is 0 Å². The first-order valence-corrected chi connectivity index (χ1v) is 7.43. The van der Waals surface area contributed by atoms with Gasteiger partial charge in [0.25, 0.3) is 0 Å². The summed E-state index contributed by atoms with van der Waals surface area (Å²) in [5.41, 5.74) is -0.262. The van der Waals surface area contributed by atoms with E-state index in [1.807, 2.05) is 0 Å². The first-order valence-electron chi connectivity index (χ1n) is 13.4. The van der Waals surface area contributed by atoms with Gasteiger partial charge in [0.05, 0.1) is 6.85 Å². The molecule has 1 aromatic rings. The second-order valence-electron chi connectivity index (χ2n) is 5.67. The van der Waals surface area contributed by atoms with E-state index < -0.39 is 86.0 Å². The van der Waals surface area contributed by atoms with E-state index in [1.165, 1.54) is 0 Å². The molecule has 0 spiro atoms. The predicted molar refractivity (Wildman–Crippen MR) is 90.0 cm³/mol. The van der Waals surface area contributed by atoms with Gasteiger partial charge in [0.2, 0.25) is 5.91 Å². The fourth-order valence-electron chi connectivity index (χ4n) is 2.72. The van der Waals surface area contributed by atoms with E-state index in [2.05, 4.69) is 5.32 Å². The van der Waals surface area contributed by atoms with Gasteiger partial charge in [-0.2, -0.15) is 0 Å². The molecule has 0 unspecified atom stereocenters. The van der Waals surface area contributed by atoms with Crippen LogP contribution >= 0.6 is 0 Å². The Morgan fingerprint density at radius 3 is 2.52 bits per heavy atom. The summed E-state index contributed by atoms with van der Waals surface area (Å²) in [6, 6.07) is -4.62. The van der Waals surface area contributed by atoms with Crippen LogP contribution in [0, 0.1) is 17.7 Å². The largest absolute Gasteiger partial charge is 0.480 e. The number of carboxylic acids is 1. The van der Waals surface area contributed by atoms with Crippen LogP contribution in [-0.4, -0.2) is 23.0 Å². The lowest BCUT2D eigenvalue weighted by atomic mass is 9.76. The lowest BCUT2D eigenvalue weighted by Gasteiger charge is -2.30. The zero-order valence-electron chi connectivity index (χ0n) is 24.5. The molecule has 2 N–H and O–H groups in total. The monoisotopic (exact) mass is 329 g/mol. The molecule has 23 heavy (non-hydrogen) atoms. The molecular weight excluding hydrogens is 290 g/mol. The summed E-state index contributed by atoms with van der Waals surface area (Å²) in [6.45, 7) is -6.15. The Hall–Kier alpha value is -1.84. The van der Waals surface area contributed by atoms with Crippen molar-refractivity contribution < 1.29 is 31.1 Å². The van der Waals surface area contributed by atoms with Crippen LogP contribution in [0.3, 0.4) is 0 Å². The highest BCUT2D eigenvalue weighted by molar-refractivity contribution is 5.85. The number of aliphatic carboxylic acids is 1. The molecule has 1 amide bonds. The second-order valence-corrected chi connectivity index (χ2v) is 5.67. The first kappa shape index (κ1) is 7.37. The highest BCUT2D eigenvalue weighted by atomic mass is 16.4. The smallest absolute Gasteiger partial charge is 0.326 e. The Kier molecular flexibility index (Phi) is 2.61. The van der Waals surface area contributed by atoms with Gasteiger partial charge in [-0.05, 0) is 43.1 Å². The number of carbonyl (C=O) groups excluding carboxylic acids is 1. The molecule has 0 heterocycles. The molecule has 2 rings (SSSR count). The lowest BCUT2D eigenvalue weighted by molar-refractivity contribution is -0.142. The molecule has 1 atom stereocenters. The van der Waals surface area contributed by atoms with E-state index >= 15 is 0 Å². The van der Waals surface area contributed by atoms with Gasteiger partial charge in [-0.25, -0.2) is 4.79 Å². The number of hydrogen-bond donors (Lipinski definition) is 2. The Labute approximate surface area is 155 Å². The molecule has 0 aromatic heterocycles. The number of benzene rings is 1. The SMILES string of the molecule is [2H]c1c([2H])c([2H])c(C[C@@H](NC(=O)C2CCC(C([2H])(C([2H])([2H])[2H])C([2H])([2H])[2H])CC2)C(=O)O)c([2H])c1[2H]. The minimum atomic E-state index is -3.07. The minimum absolute atomic E-state index is 0.0286. The maximum Gasteiger partial charge on any atom is 0.326 e. The van der Waals surface area contributed by atoms with Gasteiger partial charge in [0.15, 0.2) is 0 Å². The Balaban J connectivity index is 2.16. The van der Waals surface area contributed by atoms with E-state index in [-0.39, 0.29) is 31.2 Å². The third kappa shape index (κ3) is 5.08. The standard InChI is InChI=1S/C19H27NO3/c1-13(2)15-8-10-16(11-9-15)18(21)20-17(19(22)23)12-14-6-4-3-5-7-14/h3-7,13,15-17H,8-12H2,1-2H3,(H,20,21)(H,22,23)/t15?,16?,17-/m1/s1/i1D3,2D3,3D,4D,5D,6D,7D,13D. The number of nitrogens with one attached hydrogen (secondary N) is 1. The van der Waals surface area contributed by atoms with Crippen LogP contribution < -0.4 is 5.32 Å². The zero-order valence-corrected chi connectivity index (χ0v) is 12.5. The zero-order chi connectivity index (χ0) is 27.1. The molecule has 0 radical (unpaired) electrons. The highest BCUT2D eigenvalue weighted by Crippen LogP contribution is 2.33. The molecule has 4 heteroatoms. The van der Waals surface area contributed by atoms with Gasteiger partial charge in [-0.3, -0.25) is 4.79 Å². The molecule has 1 aliphatic carbocycles. The van der Waals surface area contributed by atoms with Crippen molar-refractivity contribution in [2.75, 3.05) is 0 Å². The number of amides is 1. The fourth-order valence-corrected chi connectivity index (χ4v) is 2.72. The number of carboxylic acid groups (broad SMARTS) is 1. The molecule has 1 aliphatic rings. The van der Waals surface area contributed by atoms with Gasteiger partial charge in [0.1, 0.15) is 6.04 Å². The van der Waals surface area contributed by atoms with Gasteiger partial charge in [0, 0.05) is 21.9 Å². The quantitative estimate of drug-likeness (QED) is 0.842.